The van der Waals surface area contributed by atoms with Crippen molar-refractivity contribution in [1.82, 2.24) is 9.80 Å². The fraction of sp³-hybridized carbons (Fsp3) is 0.857. The molecule has 4 nitrogen and oxygen atoms in total. The lowest BCUT2D eigenvalue weighted by Gasteiger charge is -2.33. The van der Waals surface area contributed by atoms with Gasteiger partial charge in [0.15, 0.2) is 0 Å². The zero-order chi connectivity index (χ0) is 13.7. The first-order valence-corrected chi connectivity index (χ1v) is 6.90. The van der Waals surface area contributed by atoms with Crippen molar-refractivity contribution in [2.24, 2.45) is 11.8 Å². The summed E-state index contributed by atoms with van der Waals surface area (Å²) in [6.07, 6.45) is 3.39. The highest BCUT2D eigenvalue weighted by Crippen LogP contribution is 2.19. The molecule has 0 unspecified atom stereocenters. The zero-order valence-corrected chi connectivity index (χ0v) is 12.1. The Kier molecular flexibility index (Phi) is 5.63. The molecule has 1 aliphatic rings. The van der Waals surface area contributed by atoms with E-state index in [0.29, 0.717) is 18.9 Å². The Hall–Kier alpha value is -1.06. The fourth-order valence-electron chi connectivity index (χ4n) is 2.34. The number of nitrogens with zero attached hydrogens (tertiary/aromatic N) is 2. The Labute approximate surface area is 110 Å². The van der Waals surface area contributed by atoms with E-state index in [1.54, 1.807) is 19.0 Å². The molecule has 0 bridgehead atoms. The van der Waals surface area contributed by atoms with Gasteiger partial charge in [0.25, 0.3) is 0 Å². The van der Waals surface area contributed by atoms with Crippen molar-refractivity contribution in [3.63, 3.8) is 0 Å². The lowest BCUT2D eigenvalue weighted by Crippen LogP contribution is -2.45. The standard InChI is InChI=1S/C14H26N2O2/c1-11(2)7-8-13(17)16-9-5-6-12(10-16)14(18)15(3)4/h11-12H,5-10H2,1-4H3/t12-/m1/s1. The number of piperidine rings is 1. The highest BCUT2D eigenvalue weighted by Gasteiger charge is 2.28. The van der Waals surface area contributed by atoms with Crippen LogP contribution in [0.25, 0.3) is 0 Å². The lowest BCUT2D eigenvalue weighted by atomic mass is 9.96. The number of likely N-dealkylation sites (tertiary alicyclic amines) is 1. The molecule has 0 radical (unpaired) electrons. The first-order chi connectivity index (χ1) is 8.41. The van der Waals surface area contributed by atoms with Crippen LogP contribution in [0, 0.1) is 11.8 Å². The van der Waals surface area contributed by atoms with Crippen LogP contribution in [-0.4, -0.2) is 48.8 Å². The van der Waals surface area contributed by atoms with Crippen LogP contribution in [0.3, 0.4) is 0 Å². The fourth-order valence-corrected chi connectivity index (χ4v) is 2.34. The average Bonchev–Trinajstić information content (AvgIpc) is 2.34. The molecule has 1 heterocycles. The summed E-state index contributed by atoms with van der Waals surface area (Å²) < 4.78 is 0. The topological polar surface area (TPSA) is 40.6 Å². The van der Waals surface area contributed by atoms with Crippen LogP contribution >= 0.6 is 0 Å². The molecule has 1 fully saturated rings. The third-order valence-electron chi connectivity index (χ3n) is 3.50. The summed E-state index contributed by atoms with van der Waals surface area (Å²) in [6.45, 7) is 5.67. The van der Waals surface area contributed by atoms with Gasteiger partial charge in [-0.1, -0.05) is 13.8 Å². The van der Waals surface area contributed by atoms with Crippen LogP contribution in [0.1, 0.15) is 39.5 Å². The molecule has 104 valence electrons. The maximum absolute atomic E-state index is 12.0. The minimum atomic E-state index is -0.00301. The van der Waals surface area contributed by atoms with E-state index in [4.69, 9.17) is 0 Å². The molecule has 1 saturated heterocycles. The van der Waals surface area contributed by atoms with E-state index < -0.39 is 0 Å². The Bertz CT molecular complexity index is 300. The van der Waals surface area contributed by atoms with Crippen molar-refractivity contribution in [3.05, 3.63) is 0 Å². The molecule has 4 heteroatoms. The van der Waals surface area contributed by atoms with Gasteiger partial charge in [0.1, 0.15) is 0 Å². The second-order valence-corrected chi connectivity index (χ2v) is 5.84. The van der Waals surface area contributed by atoms with Gasteiger partial charge >= 0.3 is 0 Å². The van der Waals surface area contributed by atoms with Crippen molar-refractivity contribution < 1.29 is 9.59 Å². The SMILES string of the molecule is CC(C)CCC(=O)N1CCC[C@@H](C(=O)N(C)C)C1. The van der Waals surface area contributed by atoms with Crippen molar-refractivity contribution in [1.29, 1.82) is 0 Å². The van der Waals surface area contributed by atoms with E-state index in [1.165, 1.54) is 0 Å². The number of rotatable bonds is 4. The predicted octanol–water partition coefficient (Wildman–Crippen LogP) is 1.75. The van der Waals surface area contributed by atoms with Gasteiger partial charge in [-0.2, -0.15) is 0 Å². The zero-order valence-electron chi connectivity index (χ0n) is 12.1. The average molecular weight is 254 g/mol. The van der Waals surface area contributed by atoms with Gasteiger partial charge in [0, 0.05) is 33.6 Å². The maximum Gasteiger partial charge on any atom is 0.226 e. The quantitative estimate of drug-likeness (QED) is 0.767. The molecule has 0 N–H and O–H groups in total. The summed E-state index contributed by atoms with van der Waals surface area (Å²) in [5.41, 5.74) is 0. The van der Waals surface area contributed by atoms with E-state index in [0.717, 1.165) is 25.8 Å². The van der Waals surface area contributed by atoms with Gasteiger partial charge in [-0.05, 0) is 25.2 Å². The first-order valence-electron chi connectivity index (χ1n) is 6.90. The number of carbonyl (C=O) groups excluding carboxylic acids is 2. The van der Waals surface area contributed by atoms with Crippen LogP contribution in [0.5, 0.6) is 0 Å². The monoisotopic (exact) mass is 254 g/mol. The summed E-state index contributed by atoms with van der Waals surface area (Å²) in [4.78, 5) is 27.5. The van der Waals surface area contributed by atoms with Crippen molar-refractivity contribution in [2.75, 3.05) is 27.2 Å². The Morgan fingerprint density at radius 1 is 1.33 bits per heavy atom. The summed E-state index contributed by atoms with van der Waals surface area (Å²) in [7, 11) is 3.56. The van der Waals surface area contributed by atoms with Crippen molar-refractivity contribution in [2.45, 2.75) is 39.5 Å². The largest absolute Gasteiger partial charge is 0.349 e. The normalized spacial score (nSPS) is 20.1. The van der Waals surface area contributed by atoms with Gasteiger partial charge in [0.05, 0.1) is 5.92 Å². The molecule has 18 heavy (non-hydrogen) atoms. The summed E-state index contributed by atoms with van der Waals surface area (Å²) in [6, 6.07) is 0. The van der Waals surface area contributed by atoms with Crippen LogP contribution < -0.4 is 0 Å². The molecule has 0 aromatic heterocycles. The molecule has 1 rings (SSSR count). The van der Waals surface area contributed by atoms with Gasteiger partial charge in [-0.3, -0.25) is 9.59 Å². The van der Waals surface area contributed by atoms with E-state index >= 15 is 0 Å². The highest BCUT2D eigenvalue weighted by atomic mass is 16.2. The molecule has 0 aliphatic carbocycles. The summed E-state index contributed by atoms with van der Waals surface area (Å²) in [5.74, 6) is 0.908. The second-order valence-electron chi connectivity index (χ2n) is 5.84. The van der Waals surface area contributed by atoms with E-state index in [-0.39, 0.29) is 17.7 Å². The Morgan fingerprint density at radius 3 is 2.56 bits per heavy atom. The van der Waals surface area contributed by atoms with Gasteiger partial charge in [-0.15, -0.1) is 0 Å². The number of hydrogen-bond donors (Lipinski definition) is 0. The molecule has 1 atom stereocenters. The molecular weight excluding hydrogens is 228 g/mol. The number of amides is 2. The third kappa shape index (κ3) is 4.31. The highest BCUT2D eigenvalue weighted by molar-refractivity contribution is 5.81. The minimum Gasteiger partial charge on any atom is -0.349 e. The number of carbonyl (C=O) groups is 2. The van der Waals surface area contributed by atoms with E-state index in [2.05, 4.69) is 13.8 Å². The molecule has 2 amide bonds. The van der Waals surface area contributed by atoms with Crippen LogP contribution in [0.15, 0.2) is 0 Å². The van der Waals surface area contributed by atoms with Gasteiger partial charge < -0.3 is 9.80 Å². The molecule has 1 aliphatic heterocycles. The summed E-state index contributed by atoms with van der Waals surface area (Å²) in [5, 5.41) is 0. The first kappa shape index (κ1) is 15.0. The third-order valence-corrected chi connectivity index (χ3v) is 3.50. The van der Waals surface area contributed by atoms with Crippen molar-refractivity contribution in [3.8, 4) is 0 Å². The van der Waals surface area contributed by atoms with Crippen LogP contribution in [0.4, 0.5) is 0 Å². The predicted molar refractivity (Wildman–Crippen MR) is 72.1 cm³/mol. The molecule has 0 saturated carbocycles. The minimum absolute atomic E-state index is 0.00301. The molecule has 0 aromatic carbocycles. The molecular formula is C14H26N2O2. The van der Waals surface area contributed by atoms with Crippen LogP contribution in [0.2, 0.25) is 0 Å². The number of hydrogen-bond acceptors (Lipinski definition) is 2. The van der Waals surface area contributed by atoms with Crippen LogP contribution in [-0.2, 0) is 9.59 Å². The Morgan fingerprint density at radius 2 is 2.00 bits per heavy atom. The second kappa shape index (κ2) is 6.76. The molecule has 0 spiro atoms. The summed E-state index contributed by atoms with van der Waals surface area (Å²) >= 11 is 0. The van der Waals surface area contributed by atoms with Gasteiger partial charge in [0.2, 0.25) is 11.8 Å². The van der Waals surface area contributed by atoms with Gasteiger partial charge in [-0.25, -0.2) is 0 Å². The van der Waals surface area contributed by atoms with E-state index in [1.807, 2.05) is 4.90 Å². The molecule has 0 aromatic rings. The Balaban J connectivity index is 2.48. The lowest BCUT2D eigenvalue weighted by molar-refractivity contribution is -0.139. The van der Waals surface area contributed by atoms with Crippen molar-refractivity contribution >= 4 is 11.8 Å². The smallest absolute Gasteiger partial charge is 0.226 e. The van der Waals surface area contributed by atoms with E-state index in [9.17, 15) is 9.59 Å². The maximum atomic E-state index is 12.0.